The quantitative estimate of drug-likeness (QED) is 0.474. The largest absolute Gasteiger partial charge is 0.493 e. The zero-order valence-electron chi connectivity index (χ0n) is 16.7. The maximum Gasteiger partial charge on any atom is 0.203 e. The molecule has 0 radical (unpaired) electrons. The first-order valence-electron chi connectivity index (χ1n) is 9.17. The van der Waals surface area contributed by atoms with Gasteiger partial charge in [0.1, 0.15) is 5.01 Å². The number of rotatable bonds is 7. The Bertz CT molecular complexity index is 1090. The molecule has 4 rings (SSSR count). The smallest absolute Gasteiger partial charge is 0.203 e. The van der Waals surface area contributed by atoms with Crippen LogP contribution in [-0.4, -0.2) is 44.7 Å². The van der Waals surface area contributed by atoms with E-state index in [0.717, 1.165) is 28.0 Å². The maximum atomic E-state index is 12.0. The molecule has 0 aliphatic carbocycles. The third kappa shape index (κ3) is 3.57. The predicted octanol–water partition coefficient (Wildman–Crippen LogP) is 5.13. The Morgan fingerprint density at radius 1 is 1.10 bits per heavy atom. The fourth-order valence-electron chi connectivity index (χ4n) is 3.57. The molecule has 0 N–H and O–H groups in total. The molecule has 0 fully saturated rings. The zero-order valence-corrected chi connectivity index (χ0v) is 18.4. The van der Waals surface area contributed by atoms with E-state index in [1.54, 1.807) is 49.6 Å². The van der Waals surface area contributed by atoms with Crippen LogP contribution in [0.5, 0.6) is 17.2 Å². The van der Waals surface area contributed by atoms with Gasteiger partial charge in [0.25, 0.3) is 0 Å². The van der Waals surface area contributed by atoms with Gasteiger partial charge in [-0.1, -0.05) is 12.1 Å². The molecule has 1 aromatic heterocycles. The first-order chi connectivity index (χ1) is 14.7. The fraction of sp³-hybridized carbons (Fsp3) is 0.227. The predicted molar refractivity (Wildman–Crippen MR) is 122 cm³/mol. The van der Waals surface area contributed by atoms with E-state index in [4.69, 9.17) is 14.2 Å². The summed E-state index contributed by atoms with van der Waals surface area (Å²) in [5.74, 6) is 1.36. The van der Waals surface area contributed by atoms with Crippen LogP contribution in [0.15, 0.2) is 40.8 Å². The molecule has 0 saturated carbocycles. The van der Waals surface area contributed by atoms with Crippen LogP contribution in [0, 0.1) is 0 Å². The number of nitrogens with zero attached hydrogens (tertiary/aromatic N) is 2. The average Bonchev–Trinajstić information content (AvgIpc) is 3.51. The number of aromatic nitrogens is 1. The summed E-state index contributed by atoms with van der Waals surface area (Å²) in [4.78, 5) is 20.9. The van der Waals surface area contributed by atoms with Crippen molar-refractivity contribution >= 4 is 34.9 Å². The Kier molecular flexibility index (Phi) is 6.06. The first-order valence-corrected chi connectivity index (χ1v) is 11.0. The number of carbonyl (C=O) groups is 1. The van der Waals surface area contributed by atoms with Crippen molar-refractivity contribution in [1.82, 2.24) is 4.98 Å². The summed E-state index contributed by atoms with van der Waals surface area (Å²) in [6.07, 6.45) is 2.61. The highest BCUT2D eigenvalue weighted by atomic mass is 32.2. The second kappa shape index (κ2) is 8.89. The lowest BCUT2D eigenvalue weighted by molar-refractivity contribution is 0.112. The van der Waals surface area contributed by atoms with Gasteiger partial charge in [0, 0.05) is 28.3 Å². The van der Waals surface area contributed by atoms with Gasteiger partial charge in [-0.05, 0) is 23.3 Å². The molecule has 30 heavy (non-hydrogen) atoms. The second-order valence-electron chi connectivity index (χ2n) is 6.46. The van der Waals surface area contributed by atoms with Crippen LogP contribution in [0.25, 0.3) is 21.7 Å². The molecule has 0 bridgehead atoms. The van der Waals surface area contributed by atoms with Crippen molar-refractivity contribution in [3.63, 3.8) is 0 Å². The lowest BCUT2D eigenvalue weighted by Crippen LogP contribution is -2.04. The molecule has 1 aliphatic heterocycles. The topological polar surface area (TPSA) is 70.0 Å². The van der Waals surface area contributed by atoms with E-state index >= 15 is 0 Å². The molecule has 2 heterocycles. The molecule has 3 aromatic rings. The third-order valence-corrected chi connectivity index (χ3v) is 6.73. The summed E-state index contributed by atoms with van der Waals surface area (Å²) in [6, 6.07) is 7.84. The zero-order chi connectivity index (χ0) is 21.1. The number of aldehydes is 1. The van der Waals surface area contributed by atoms with Crippen LogP contribution in [0.1, 0.15) is 21.2 Å². The molecule has 0 amide bonds. The van der Waals surface area contributed by atoms with Crippen LogP contribution in [0.3, 0.4) is 0 Å². The lowest BCUT2D eigenvalue weighted by Gasteiger charge is -2.21. The van der Waals surface area contributed by atoms with E-state index in [-0.39, 0.29) is 5.25 Å². The molecular weight excluding hydrogens is 420 g/mol. The molecule has 0 spiro atoms. The minimum Gasteiger partial charge on any atom is -0.493 e. The minimum absolute atomic E-state index is 0.136. The van der Waals surface area contributed by atoms with E-state index in [0.29, 0.717) is 34.9 Å². The Morgan fingerprint density at radius 2 is 1.93 bits per heavy atom. The SMILES string of the molecule is COc1cc(C=O)c(-c2ccc(-c3nccs3)cc2C2CN=CS2)c(OC)c1OC. The van der Waals surface area contributed by atoms with Crippen molar-refractivity contribution < 1.29 is 19.0 Å². The molecule has 2 aromatic carbocycles. The van der Waals surface area contributed by atoms with Crippen molar-refractivity contribution in [1.29, 1.82) is 0 Å². The van der Waals surface area contributed by atoms with Gasteiger partial charge in [0.05, 0.1) is 38.7 Å². The highest BCUT2D eigenvalue weighted by Crippen LogP contribution is 2.49. The van der Waals surface area contributed by atoms with Gasteiger partial charge in [-0.2, -0.15) is 0 Å². The number of aliphatic imine (C=N–C) groups is 1. The summed E-state index contributed by atoms with van der Waals surface area (Å²) in [6.45, 7) is 0.672. The minimum atomic E-state index is 0.136. The molecule has 154 valence electrons. The summed E-state index contributed by atoms with van der Waals surface area (Å²) >= 11 is 3.25. The van der Waals surface area contributed by atoms with Gasteiger partial charge in [0.2, 0.25) is 5.75 Å². The molecular formula is C22H20N2O4S2. The average molecular weight is 441 g/mol. The van der Waals surface area contributed by atoms with Crippen LogP contribution < -0.4 is 14.2 Å². The summed E-state index contributed by atoms with van der Waals surface area (Å²) in [7, 11) is 4.65. The second-order valence-corrected chi connectivity index (χ2v) is 8.41. The number of methoxy groups -OCH3 is 3. The highest BCUT2D eigenvalue weighted by Gasteiger charge is 2.27. The lowest BCUT2D eigenvalue weighted by atomic mass is 9.91. The van der Waals surface area contributed by atoms with Crippen LogP contribution in [0.4, 0.5) is 0 Å². The Labute approximate surface area is 182 Å². The summed E-state index contributed by atoms with van der Waals surface area (Å²) < 4.78 is 16.7. The fourth-order valence-corrected chi connectivity index (χ4v) is 5.04. The van der Waals surface area contributed by atoms with Crippen molar-refractivity contribution in [3.8, 4) is 38.9 Å². The van der Waals surface area contributed by atoms with E-state index in [1.807, 2.05) is 23.1 Å². The van der Waals surface area contributed by atoms with Gasteiger partial charge in [-0.3, -0.25) is 9.79 Å². The Morgan fingerprint density at radius 3 is 2.53 bits per heavy atom. The number of thiazole rings is 1. The summed E-state index contributed by atoms with van der Waals surface area (Å²) in [5.41, 5.74) is 6.02. The maximum absolute atomic E-state index is 12.0. The number of hydrogen-bond donors (Lipinski definition) is 0. The number of hydrogen-bond acceptors (Lipinski definition) is 8. The van der Waals surface area contributed by atoms with Crippen molar-refractivity contribution in [2.75, 3.05) is 27.9 Å². The van der Waals surface area contributed by atoms with Crippen molar-refractivity contribution in [2.24, 2.45) is 4.99 Å². The Balaban J connectivity index is 1.99. The van der Waals surface area contributed by atoms with E-state index < -0.39 is 0 Å². The van der Waals surface area contributed by atoms with Gasteiger partial charge in [-0.25, -0.2) is 4.98 Å². The molecule has 1 unspecified atom stereocenters. The van der Waals surface area contributed by atoms with E-state index in [1.165, 1.54) is 7.11 Å². The number of ether oxygens (including phenoxy) is 3. The highest BCUT2D eigenvalue weighted by molar-refractivity contribution is 8.12. The number of carbonyl (C=O) groups excluding carboxylic acids is 1. The monoisotopic (exact) mass is 440 g/mol. The van der Waals surface area contributed by atoms with Crippen LogP contribution >= 0.6 is 23.1 Å². The van der Waals surface area contributed by atoms with E-state index in [9.17, 15) is 4.79 Å². The summed E-state index contributed by atoms with van der Waals surface area (Å²) in [5, 5.41) is 3.04. The van der Waals surface area contributed by atoms with Crippen LogP contribution in [-0.2, 0) is 0 Å². The molecule has 1 aliphatic rings. The van der Waals surface area contributed by atoms with Crippen LogP contribution in [0.2, 0.25) is 0 Å². The molecule has 0 saturated heterocycles. The Hall–Kier alpha value is -2.84. The van der Waals surface area contributed by atoms with Crippen molar-refractivity contribution in [2.45, 2.75) is 5.25 Å². The number of thioether (sulfide) groups is 1. The standard InChI is InChI=1S/C22H20N2O4S2/c1-26-17-9-14(11-25)19(21(28-3)20(17)27-2)15-5-4-13(22-24-6-7-29-22)8-16(15)18-10-23-12-30-18/h4-9,11-12,18H,10H2,1-3H3. The molecule has 6 nitrogen and oxygen atoms in total. The van der Waals surface area contributed by atoms with Gasteiger partial charge in [-0.15, -0.1) is 23.1 Å². The first kappa shape index (κ1) is 20.4. The van der Waals surface area contributed by atoms with E-state index in [2.05, 4.69) is 16.0 Å². The molecule has 1 atom stereocenters. The normalized spacial score (nSPS) is 15.2. The van der Waals surface area contributed by atoms with Crippen molar-refractivity contribution in [3.05, 3.63) is 47.0 Å². The van der Waals surface area contributed by atoms with Gasteiger partial charge >= 0.3 is 0 Å². The van der Waals surface area contributed by atoms with Gasteiger partial charge < -0.3 is 14.2 Å². The number of benzene rings is 2. The van der Waals surface area contributed by atoms with Gasteiger partial charge in [0.15, 0.2) is 17.8 Å². The molecule has 8 heteroatoms. The third-order valence-electron chi connectivity index (χ3n) is 4.91.